The highest BCUT2D eigenvalue weighted by atomic mass is 16.5. The van der Waals surface area contributed by atoms with Crippen molar-refractivity contribution in [2.75, 3.05) is 6.61 Å². The first-order chi connectivity index (χ1) is 9.29. The van der Waals surface area contributed by atoms with Crippen LogP contribution < -0.4 is 5.73 Å². The molecule has 0 saturated carbocycles. The van der Waals surface area contributed by atoms with E-state index < -0.39 is 6.04 Å². The predicted octanol–water partition coefficient (Wildman–Crippen LogP) is 1.53. The number of aromatic nitrogens is 2. The van der Waals surface area contributed by atoms with Gasteiger partial charge in [-0.1, -0.05) is 29.4 Å². The third kappa shape index (κ3) is 2.27. The Bertz CT molecular complexity index is 567. The van der Waals surface area contributed by atoms with Crippen LogP contribution in [0.15, 0.2) is 28.8 Å². The molecular formula is C14H17N3O2. The largest absolute Gasteiger partial charge is 0.394 e. The molecule has 0 fully saturated rings. The lowest BCUT2D eigenvalue weighted by atomic mass is 9.83. The highest BCUT2D eigenvalue weighted by Crippen LogP contribution is 2.35. The number of nitrogens with two attached hydrogens (primary N) is 1. The molecule has 0 bridgehead atoms. The summed E-state index contributed by atoms with van der Waals surface area (Å²) >= 11 is 0. The molecule has 3 N–H and O–H groups in total. The summed E-state index contributed by atoms with van der Waals surface area (Å²) in [6, 6.07) is 7.79. The van der Waals surface area contributed by atoms with Crippen LogP contribution in [-0.2, 0) is 6.42 Å². The van der Waals surface area contributed by atoms with Gasteiger partial charge in [-0.3, -0.25) is 0 Å². The van der Waals surface area contributed by atoms with E-state index in [2.05, 4.69) is 28.3 Å². The second-order valence-electron chi connectivity index (χ2n) is 4.92. The molecule has 0 saturated heterocycles. The third-order valence-corrected chi connectivity index (χ3v) is 3.65. The Kier molecular flexibility index (Phi) is 3.31. The van der Waals surface area contributed by atoms with Crippen LogP contribution in [-0.4, -0.2) is 21.9 Å². The van der Waals surface area contributed by atoms with E-state index in [9.17, 15) is 0 Å². The zero-order valence-electron chi connectivity index (χ0n) is 10.6. The first kappa shape index (κ1) is 12.3. The molecule has 5 nitrogen and oxygen atoms in total. The van der Waals surface area contributed by atoms with Crippen LogP contribution in [0.3, 0.4) is 0 Å². The van der Waals surface area contributed by atoms with Crippen LogP contribution in [0.5, 0.6) is 0 Å². The second kappa shape index (κ2) is 5.11. The fraction of sp³-hybridized carbons (Fsp3) is 0.429. The lowest BCUT2D eigenvalue weighted by Gasteiger charge is -2.22. The summed E-state index contributed by atoms with van der Waals surface area (Å²) in [6.07, 6.45) is 3.22. The monoisotopic (exact) mass is 259 g/mol. The Balaban J connectivity index is 1.93. The molecule has 1 aliphatic carbocycles. The Morgan fingerprint density at radius 3 is 3.11 bits per heavy atom. The normalized spacial score (nSPS) is 20.0. The minimum absolute atomic E-state index is 0.150. The second-order valence-corrected chi connectivity index (χ2v) is 4.92. The number of rotatable bonds is 3. The smallest absolute Gasteiger partial charge is 0.234 e. The van der Waals surface area contributed by atoms with E-state index in [1.54, 1.807) is 0 Å². The third-order valence-electron chi connectivity index (χ3n) is 3.65. The summed E-state index contributed by atoms with van der Waals surface area (Å²) in [7, 11) is 0. The van der Waals surface area contributed by atoms with Crippen molar-refractivity contribution in [3.63, 3.8) is 0 Å². The zero-order valence-corrected chi connectivity index (χ0v) is 10.6. The highest BCUT2D eigenvalue weighted by Gasteiger charge is 2.27. The van der Waals surface area contributed by atoms with Gasteiger partial charge in [0.25, 0.3) is 0 Å². The van der Waals surface area contributed by atoms with Gasteiger partial charge in [0.1, 0.15) is 0 Å². The van der Waals surface area contributed by atoms with Gasteiger partial charge >= 0.3 is 0 Å². The minimum atomic E-state index is -0.573. The number of fused-ring (bicyclic) bond motifs is 1. The maximum atomic E-state index is 9.02. The summed E-state index contributed by atoms with van der Waals surface area (Å²) in [6.45, 7) is -0.180. The summed E-state index contributed by atoms with van der Waals surface area (Å²) in [5, 5.41) is 12.9. The van der Waals surface area contributed by atoms with E-state index in [1.807, 2.05) is 6.07 Å². The predicted molar refractivity (Wildman–Crippen MR) is 69.5 cm³/mol. The number of aliphatic hydroxyl groups is 1. The van der Waals surface area contributed by atoms with E-state index in [4.69, 9.17) is 15.4 Å². The quantitative estimate of drug-likeness (QED) is 0.873. The van der Waals surface area contributed by atoms with Crippen molar-refractivity contribution in [1.29, 1.82) is 0 Å². The maximum absolute atomic E-state index is 9.02. The summed E-state index contributed by atoms with van der Waals surface area (Å²) in [4.78, 5) is 4.34. The molecule has 19 heavy (non-hydrogen) atoms. The maximum Gasteiger partial charge on any atom is 0.234 e. The highest BCUT2D eigenvalue weighted by molar-refractivity contribution is 5.35. The average molecular weight is 259 g/mol. The Morgan fingerprint density at radius 2 is 2.26 bits per heavy atom. The summed E-state index contributed by atoms with van der Waals surface area (Å²) < 4.78 is 5.33. The molecule has 1 aliphatic rings. The molecule has 2 unspecified atom stereocenters. The first-order valence-electron chi connectivity index (χ1n) is 6.57. The van der Waals surface area contributed by atoms with E-state index in [0.717, 1.165) is 19.3 Å². The van der Waals surface area contributed by atoms with Crippen molar-refractivity contribution in [2.45, 2.75) is 31.2 Å². The molecule has 0 aliphatic heterocycles. The molecule has 1 aromatic carbocycles. The van der Waals surface area contributed by atoms with Gasteiger partial charge in [0, 0.05) is 0 Å². The van der Waals surface area contributed by atoms with Crippen molar-refractivity contribution in [3.05, 3.63) is 47.1 Å². The van der Waals surface area contributed by atoms with Gasteiger partial charge in [-0.2, -0.15) is 4.98 Å². The number of hydrogen-bond acceptors (Lipinski definition) is 5. The van der Waals surface area contributed by atoms with E-state index >= 15 is 0 Å². The van der Waals surface area contributed by atoms with Crippen LogP contribution in [0, 0.1) is 0 Å². The van der Waals surface area contributed by atoms with Gasteiger partial charge in [0.15, 0.2) is 5.82 Å². The lowest BCUT2D eigenvalue weighted by molar-refractivity contribution is 0.259. The molecule has 2 atom stereocenters. The number of hydrogen-bond donors (Lipinski definition) is 2. The van der Waals surface area contributed by atoms with Crippen LogP contribution >= 0.6 is 0 Å². The number of nitrogens with zero attached hydrogens (tertiary/aromatic N) is 2. The lowest BCUT2D eigenvalue weighted by Crippen LogP contribution is -2.16. The fourth-order valence-electron chi connectivity index (χ4n) is 2.63. The molecule has 0 radical (unpaired) electrons. The van der Waals surface area contributed by atoms with Crippen LogP contribution in [0.4, 0.5) is 0 Å². The number of aryl methyl sites for hydroxylation is 1. The van der Waals surface area contributed by atoms with Crippen molar-refractivity contribution in [1.82, 2.24) is 10.1 Å². The van der Waals surface area contributed by atoms with Gasteiger partial charge in [0.2, 0.25) is 5.89 Å². The number of aliphatic hydroxyl groups excluding tert-OH is 1. The molecule has 5 heteroatoms. The molecule has 0 amide bonds. The fourth-order valence-corrected chi connectivity index (χ4v) is 2.63. The van der Waals surface area contributed by atoms with Gasteiger partial charge in [-0.15, -0.1) is 0 Å². The molecule has 1 heterocycles. The molecule has 2 aromatic rings. The molecule has 100 valence electrons. The van der Waals surface area contributed by atoms with Crippen molar-refractivity contribution < 1.29 is 9.63 Å². The Morgan fingerprint density at radius 1 is 1.42 bits per heavy atom. The molecule has 3 rings (SSSR count). The van der Waals surface area contributed by atoms with Crippen molar-refractivity contribution in [2.24, 2.45) is 5.73 Å². The van der Waals surface area contributed by atoms with Crippen LogP contribution in [0.25, 0.3) is 0 Å². The van der Waals surface area contributed by atoms with E-state index in [-0.39, 0.29) is 12.5 Å². The Hall–Kier alpha value is -1.72. The summed E-state index contributed by atoms with van der Waals surface area (Å²) in [5.74, 6) is 1.13. The van der Waals surface area contributed by atoms with Gasteiger partial charge in [-0.25, -0.2) is 0 Å². The van der Waals surface area contributed by atoms with Gasteiger partial charge < -0.3 is 15.4 Å². The van der Waals surface area contributed by atoms with Gasteiger partial charge in [0.05, 0.1) is 18.6 Å². The topological polar surface area (TPSA) is 85.2 Å². The van der Waals surface area contributed by atoms with Crippen LogP contribution in [0.1, 0.15) is 47.6 Å². The SMILES string of the molecule is NC(CO)c1noc(C2CCCc3ccccc32)n1. The molecule has 0 spiro atoms. The van der Waals surface area contributed by atoms with Gasteiger partial charge in [-0.05, 0) is 30.4 Å². The molecular weight excluding hydrogens is 242 g/mol. The summed E-state index contributed by atoms with van der Waals surface area (Å²) in [5.41, 5.74) is 8.31. The molecule has 1 aromatic heterocycles. The van der Waals surface area contributed by atoms with E-state index in [0.29, 0.717) is 11.7 Å². The first-order valence-corrected chi connectivity index (χ1v) is 6.57. The minimum Gasteiger partial charge on any atom is -0.394 e. The van der Waals surface area contributed by atoms with Crippen molar-refractivity contribution in [3.8, 4) is 0 Å². The zero-order chi connectivity index (χ0) is 13.2. The van der Waals surface area contributed by atoms with E-state index in [1.165, 1.54) is 11.1 Å². The van der Waals surface area contributed by atoms with Crippen molar-refractivity contribution >= 4 is 0 Å². The Labute approximate surface area is 111 Å². The average Bonchev–Trinajstić information content (AvgIpc) is 2.95. The number of benzene rings is 1. The van der Waals surface area contributed by atoms with Crippen LogP contribution in [0.2, 0.25) is 0 Å². The standard InChI is InChI=1S/C14H17N3O2/c15-12(8-18)13-16-14(19-17-13)11-7-3-5-9-4-1-2-6-10(9)11/h1-2,4,6,11-12,18H,3,5,7-8,15H2.